The molecule has 0 bridgehead atoms. The maximum Gasteiger partial charge on any atom is 0.260 e. The lowest BCUT2D eigenvalue weighted by atomic mass is 9.92. The highest BCUT2D eigenvalue weighted by molar-refractivity contribution is 5.95. The summed E-state index contributed by atoms with van der Waals surface area (Å²) in [5.41, 5.74) is 3.82. The molecule has 182 valence electrons. The first kappa shape index (κ1) is 22.9. The molecule has 34 heavy (non-hydrogen) atoms. The van der Waals surface area contributed by atoms with Gasteiger partial charge in [-0.2, -0.15) is 5.10 Å². The topological polar surface area (TPSA) is 79.7 Å². The molecule has 1 atom stereocenters. The van der Waals surface area contributed by atoms with Crippen LogP contribution in [0.2, 0.25) is 0 Å². The van der Waals surface area contributed by atoms with Crippen molar-refractivity contribution in [1.82, 2.24) is 20.0 Å². The zero-order valence-electron chi connectivity index (χ0n) is 20.3. The van der Waals surface area contributed by atoms with Gasteiger partial charge in [-0.05, 0) is 70.7 Å². The summed E-state index contributed by atoms with van der Waals surface area (Å²) >= 11 is 0. The largest absolute Gasteiger partial charge is 0.483 e. The van der Waals surface area contributed by atoms with Gasteiger partial charge in [0.05, 0.1) is 17.9 Å². The number of fused-ring (bicyclic) bond motifs is 1. The molecule has 8 nitrogen and oxygen atoms in total. The number of hydrogen-bond acceptors (Lipinski definition) is 5. The summed E-state index contributed by atoms with van der Waals surface area (Å²) in [5.74, 6) is 0.770. The average Bonchev–Trinajstić information content (AvgIpc) is 3.55. The normalized spacial score (nSPS) is 20.9. The summed E-state index contributed by atoms with van der Waals surface area (Å²) in [5, 5.41) is 8.08. The van der Waals surface area contributed by atoms with Gasteiger partial charge in [-0.1, -0.05) is 0 Å². The van der Waals surface area contributed by atoms with E-state index in [1.165, 1.54) is 0 Å². The number of carbonyl (C=O) groups excluding carboxylic acids is 2. The summed E-state index contributed by atoms with van der Waals surface area (Å²) in [6.45, 7) is 7.33. The van der Waals surface area contributed by atoms with Crippen molar-refractivity contribution in [3.63, 3.8) is 0 Å². The van der Waals surface area contributed by atoms with Crippen LogP contribution in [0.25, 0.3) is 11.1 Å². The van der Waals surface area contributed by atoms with E-state index in [2.05, 4.69) is 28.2 Å². The van der Waals surface area contributed by atoms with Crippen LogP contribution in [-0.2, 0) is 16.0 Å². The minimum Gasteiger partial charge on any atom is -0.483 e. The van der Waals surface area contributed by atoms with Crippen LogP contribution in [0.1, 0.15) is 57.6 Å². The summed E-state index contributed by atoms with van der Waals surface area (Å²) in [6.07, 6.45) is 9.89. The van der Waals surface area contributed by atoms with Crippen molar-refractivity contribution in [1.29, 1.82) is 0 Å². The average molecular weight is 466 g/mol. The highest BCUT2D eigenvalue weighted by Gasteiger charge is 2.31. The standard InChI is InChI=1S/C26H35N5O3/c1-18-5-6-23-24(31(18)19(2)32)8-7-22(26(23)34-17-25(33)29-13-3-4-14-29)20-15-28-30(16-20)21-9-11-27-12-10-21/h7-8,15-16,18,21,27H,3-6,9-14,17H2,1-2H3/t18-/m0/s1. The molecule has 1 aromatic heterocycles. The van der Waals surface area contributed by atoms with Gasteiger partial charge in [-0.15, -0.1) is 0 Å². The number of nitrogens with zero attached hydrogens (tertiary/aromatic N) is 4. The van der Waals surface area contributed by atoms with E-state index in [4.69, 9.17) is 4.74 Å². The number of amides is 2. The van der Waals surface area contributed by atoms with Crippen molar-refractivity contribution in [2.24, 2.45) is 0 Å². The molecule has 1 aromatic carbocycles. The van der Waals surface area contributed by atoms with E-state index < -0.39 is 0 Å². The Balaban J connectivity index is 1.50. The molecule has 0 radical (unpaired) electrons. The van der Waals surface area contributed by atoms with Crippen molar-refractivity contribution in [2.45, 2.75) is 64.5 Å². The van der Waals surface area contributed by atoms with E-state index in [1.54, 1.807) is 6.92 Å². The van der Waals surface area contributed by atoms with Crippen LogP contribution in [0.5, 0.6) is 5.75 Å². The van der Waals surface area contributed by atoms with Crippen molar-refractivity contribution in [3.05, 3.63) is 30.1 Å². The Bertz CT molecular complexity index is 1050. The Kier molecular flexibility index (Phi) is 6.59. The second-order valence-corrected chi connectivity index (χ2v) is 9.78. The summed E-state index contributed by atoms with van der Waals surface area (Å²) in [7, 11) is 0. The van der Waals surface area contributed by atoms with Crippen molar-refractivity contribution < 1.29 is 14.3 Å². The Hall–Kier alpha value is -2.87. The maximum atomic E-state index is 12.8. The number of nitrogens with one attached hydrogen (secondary N) is 1. The van der Waals surface area contributed by atoms with E-state index in [-0.39, 0.29) is 24.5 Å². The van der Waals surface area contributed by atoms with Gasteiger partial charge >= 0.3 is 0 Å². The molecule has 8 heteroatoms. The Labute approximate surface area is 201 Å². The summed E-state index contributed by atoms with van der Waals surface area (Å²) < 4.78 is 8.37. The van der Waals surface area contributed by atoms with Crippen LogP contribution in [0, 0.1) is 0 Å². The first-order chi connectivity index (χ1) is 16.5. The van der Waals surface area contributed by atoms with E-state index >= 15 is 0 Å². The first-order valence-corrected chi connectivity index (χ1v) is 12.6. The smallest absolute Gasteiger partial charge is 0.260 e. The van der Waals surface area contributed by atoms with E-state index in [0.29, 0.717) is 11.8 Å². The molecule has 0 saturated carbocycles. The molecule has 2 fully saturated rings. The number of benzene rings is 1. The van der Waals surface area contributed by atoms with Gasteiger partial charge in [-0.25, -0.2) is 0 Å². The van der Waals surface area contributed by atoms with Crippen molar-refractivity contribution in [2.75, 3.05) is 37.7 Å². The maximum absolute atomic E-state index is 12.8. The number of carbonyl (C=O) groups is 2. The number of aromatic nitrogens is 2. The Morgan fingerprint density at radius 1 is 1.15 bits per heavy atom. The molecule has 1 N–H and O–H groups in total. The SMILES string of the molecule is CC(=O)N1c2ccc(-c3cnn(C4CCNCC4)c3)c(OCC(=O)N3CCCC3)c2CC[C@@H]1C. The molecule has 2 saturated heterocycles. The third-order valence-electron chi connectivity index (χ3n) is 7.48. The quantitative estimate of drug-likeness (QED) is 0.734. The number of hydrogen-bond donors (Lipinski definition) is 1. The van der Waals surface area contributed by atoms with E-state index in [0.717, 1.165) is 87.1 Å². The Morgan fingerprint density at radius 2 is 1.91 bits per heavy atom. The van der Waals surface area contributed by atoms with Crippen LogP contribution >= 0.6 is 0 Å². The minimum atomic E-state index is 0.0154. The highest BCUT2D eigenvalue weighted by atomic mass is 16.5. The molecular weight excluding hydrogens is 430 g/mol. The summed E-state index contributed by atoms with van der Waals surface area (Å²) in [6, 6.07) is 4.57. The summed E-state index contributed by atoms with van der Waals surface area (Å²) in [4.78, 5) is 29.0. The molecule has 0 unspecified atom stereocenters. The van der Waals surface area contributed by atoms with Crippen LogP contribution in [-0.4, -0.2) is 65.3 Å². The lowest BCUT2D eigenvalue weighted by Gasteiger charge is -2.36. The molecule has 3 aliphatic rings. The van der Waals surface area contributed by atoms with E-state index in [1.807, 2.05) is 28.1 Å². The van der Waals surface area contributed by atoms with Crippen molar-refractivity contribution >= 4 is 17.5 Å². The van der Waals surface area contributed by atoms with Gasteiger partial charge in [0.2, 0.25) is 5.91 Å². The van der Waals surface area contributed by atoms with Gasteiger partial charge in [-0.3, -0.25) is 14.3 Å². The molecule has 3 aliphatic heterocycles. The number of likely N-dealkylation sites (tertiary alicyclic amines) is 1. The van der Waals surface area contributed by atoms with Gasteiger partial charge < -0.3 is 19.9 Å². The molecule has 4 heterocycles. The fourth-order valence-corrected chi connectivity index (χ4v) is 5.62. The third kappa shape index (κ3) is 4.43. The molecule has 0 spiro atoms. The lowest BCUT2D eigenvalue weighted by molar-refractivity contribution is -0.132. The number of piperidine rings is 1. The third-order valence-corrected chi connectivity index (χ3v) is 7.48. The predicted octanol–water partition coefficient (Wildman–Crippen LogP) is 3.16. The second-order valence-electron chi connectivity index (χ2n) is 9.78. The molecule has 2 amide bonds. The van der Waals surface area contributed by atoms with Gasteiger partial charge in [0, 0.05) is 48.9 Å². The fourth-order valence-electron chi connectivity index (χ4n) is 5.62. The molecule has 0 aliphatic carbocycles. The van der Waals surface area contributed by atoms with Crippen molar-refractivity contribution in [3.8, 4) is 16.9 Å². The van der Waals surface area contributed by atoms with E-state index in [9.17, 15) is 9.59 Å². The zero-order valence-corrected chi connectivity index (χ0v) is 20.3. The van der Waals surface area contributed by atoms with Gasteiger partial charge in [0.1, 0.15) is 5.75 Å². The van der Waals surface area contributed by atoms with Gasteiger partial charge in [0.25, 0.3) is 5.91 Å². The zero-order chi connectivity index (χ0) is 23.7. The number of ether oxygens (including phenoxy) is 1. The fraction of sp³-hybridized carbons (Fsp3) is 0.577. The lowest BCUT2D eigenvalue weighted by Crippen LogP contribution is -2.41. The van der Waals surface area contributed by atoms with Gasteiger partial charge in [0.15, 0.2) is 6.61 Å². The van der Waals surface area contributed by atoms with Crippen LogP contribution in [0.4, 0.5) is 5.69 Å². The Morgan fingerprint density at radius 3 is 2.65 bits per heavy atom. The second kappa shape index (κ2) is 9.78. The first-order valence-electron chi connectivity index (χ1n) is 12.6. The monoisotopic (exact) mass is 465 g/mol. The highest BCUT2D eigenvalue weighted by Crippen LogP contribution is 2.43. The minimum absolute atomic E-state index is 0.0154. The predicted molar refractivity (Wildman–Crippen MR) is 131 cm³/mol. The van der Waals surface area contributed by atoms with Crippen LogP contribution < -0.4 is 15.0 Å². The number of anilines is 1. The number of rotatable bonds is 5. The van der Waals surface area contributed by atoms with Crippen LogP contribution in [0.15, 0.2) is 24.5 Å². The molecule has 5 rings (SSSR count). The molecular formula is C26H35N5O3. The molecule has 2 aromatic rings. The van der Waals surface area contributed by atoms with Crippen LogP contribution in [0.3, 0.4) is 0 Å².